The number of hydrogen-bond donors (Lipinski definition) is 0. The summed E-state index contributed by atoms with van der Waals surface area (Å²) in [7, 11) is 0. The average molecular weight is 421 g/mol. The predicted octanol–water partition coefficient (Wildman–Crippen LogP) is 8.49. The van der Waals surface area contributed by atoms with Crippen LogP contribution in [0.4, 0.5) is 0 Å². The fraction of sp³-hybridized carbons (Fsp3) is 0.552. The molecule has 0 spiro atoms. The smallest absolute Gasteiger partial charge is 0.343 e. The molecule has 0 aliphatic heterocycles. The van der Waals surface area contributed by atoms with Gasteiger partial charge in [-0.3, -0.25) is 0 Å². The molecule has 2 aromatic carbocycles. The summed E-state index contributed by atoms with van der Waals surface area (Å²) in [6, 6.07) is 16.1. The SMILES string of the molecule is CCCCCCCCc1ccc(C(=O)Oc2ccc(C3CCC(CC)CC3)cc2)cc1. The molecule has 1 aliphatic rings. The van der Waals surface area contributed by atoms with Crippen LogP contribution in [0.2, 0.25) is 0 Å². The minimum atomic E-state index is -0.276. The van der Waals surface area contributed by atoms with E-state index >= 15 is 0 Å². The maximum atomic E-state index is 12.5. The summed E-state index contributed by atoms with van der Waals surface area (Å²) in [6.07, 6.45) is 15.5. The lowest BCUT2D eigenvalue weighted by Crippen LogP contribution is -2.12. The molecule has 0 amide bonds. The second-order valence-corrected chi connectivity index (χ2v) is 9.30. The van der Waals surface area contributed by atoms with Crippen molar-refractivity contribution in [2.45, 2.75) is 96.8 Å². The lowest BCUT2D eigenvalue weighted by Gasteiger charge is -2.28. The fourth-order valence-electron chi connectivity index (χ4n) is 4.79. The highest BCUT2D eigenvalue weighted by Crippen LogP contribution is 2.37. The van der Waals surface area contributed by atoms with E-state index in [4.69, 9.17) is 4.74 Å². The highest BCUT2D eigenvalue weighted by molar-refractivity contribution is 5.91. The van der Waals surface area contributed by atoms with Crippen LogP contribution < -0.4 is 4.74 Å². The summed E-state index contributed by atoms with van der Waals surface area (Å²) in [6.45, 7) is 4.55. The van der Waals surface area contributed by atoms with Gasteiger partial charge in [0.05, 0.1) is 5.56 Å². The zero-order chi connectivity index (χ0) is 21.9. The van der Waals surface area contributed by atoms with Crippen LogP contribution in [0, 0.1) is 5.92 Å². The molecular formula is C29H40O2. The Balaban J connectivity index is 1.44. The van der Waals surface area contributed by atoms with Crippen molar-refractivity contribution in [3.63, 3.8) is 0 Å². The maximum absolute atomic E-state index is 12.5. The van der Waals surface area contributed by atoms with E-state index in [0.717, 1.165) is 12.3 Å². The van der Waals surface area contributed by atoms with Gasteiger partial charge in [0.2, 0.25) is 0 Å². The quantitative estimate of drug-likeness (QED) is 0.207. The van der Waals surface area contributed by atoms with Gasteiger partial charge in [-0.05, 0) is 85.8 Å². The first-order valence-corrected chi connectivity index (χ1v) is 12.6. The number of unbranched alkanes of at least 4 members (excludes halogenated alkanes) is 5. The van der Waals surface area contributed by atoms with Crippen LogP contribution in [0.5, 0.6) is 5.75 Å². The molecule has 1 aliphatic carbocycles. The van der Waals surface area contributed by atoms with Crippen molar-refractivity contribution >= 4 is 5.97 Å². The molecule has 1 fully saturated rings. The van der Waals surface area contributed by atoms with Gasteiger partial charge in [0.15, 0.2) is 0 Å². The van der Waals surface area contributed by atoms with Gasteiger partial charge in [-0.25, -0.2) is 4.79 Å². The van der Waals surface area contributed by atoms with Gasteiger partial charge in [-0.1, -0.05) is 76.6 Å². The minimum absolute atomic E-state index is 0.276. The number of aryl methyl sites for hydroxylation is 1. The zero-order valence-electron chi connectivity index (χ0n) is 19.6. The molecule has 31 heavy (non-hydrogen) atoms. The van der Waals surface area contributed by atoms with Gasteiger partial charge in [0, 0.05) is 0 Å². The minimum Gasteiger partial charge on any atom is -0.423 e. The number of esters is 1. The fourth-order valence-corrected chi connectivity index (χ4v) is 4.79. The Hall–Kier alpha value is -2.09. The van der Waals surface area contributed by atoms with Crippen LogP contribution >= 0.6 is 0 Å². The van der Waals surface area contributed by atoms with E-state index in [0.29, 0.717) is 17.2 Å². The topological polar surface area (TPSA) is 26.3 Å². The molecule has 1 saturated carbocycles. The second-order valence-electron chi connectivity index (χ2n) is 9.30. The zero-order valence-corrected chi connectivity index (χ0v) is 19.6. The van der Waals surface area contributed by atoms with E-state index in [1.165, 1.54) is 81.8 Å². The van der Waals surface area contributed by atoms with Gasteiger partial charge in [0.1, 0.15) is 5.75 Å². The van der Waals surface area contributed by atoms with Crippen LogP contribution in [0.25, 0.3) is 0 Å². The van der Waals surface area contributed by atoms with Crippen LogP contribution in [0.15, 0.2) is 48.5 Å². The number of hydrogen-bond acceptors (Lipinski definition) is 2. The summed E-state index contributed by atoms with van der Waals surface area (Å²) >= 11 is 0. The molecule has 0 bridgehead atoms. The second kappa shape index (κ2) is 12.7. The normalized spacial score (nSPS) is 18.6. The Morgan fingerprint density at radius 2 is 1.45 bits per heavy atom. The predicted molar refractivity (Wildman–Crippen MR) is 130 cm³/mol. The van der Waals surface area contributed by atoms with Crippen molar-refractivity contribution in [2.24, 2.45) is 5.92 Å². The van der Waals surface area contributed by atoms with Crippen LogP contribution in [-0.2, 0) is 6.42 Å². The molecule has 3 rings (SSSR count). The van der Waals surface area contributed by atoms with Crippen LogP contribution in [-0.4, -0.2) is 5.97 Å². The molecular weight excluding hydrogens is 380 g/mol. The Labute approximate surface area is 189 Å². The van der Waals surface area contributed by atoms with Gasteiger partial charge in [0.25, 0.3) is 0 Å². The van der Waals surface area contributed by atoms with Gasteiger partial charge in [-0.2, -0.15) is 0 Å². The number of rotatable bonds is 11. The first kappa shape index (κ1) is 23.6. The van der Waals surface area contributed by atoms with Gasteiger partial charge < -0.3 is 4.74 Å². The van der Waals surface area contributed by atoms with Crippen molar-refractivity contribution in [2.75, 3.05) is 0 Å². The molecule has 0 radical (unpaired) electrons. The number of carbonyl (C=O) groups excluding carboxylic acids is 1. The molecule has 0 N–H and O–H groups in total. The highest BCUT2D eigenvalue weighted by Gasteiger charge is 2.21. The molecule has 2 nitrogen and oxygen atoms in total. The monoisotopic (exact) mass is 420 g/mol. The van der Waals surface area contributed by atoms with E-state index in [1.807, 2.05) is 24.3 Å². The van der Waals surface area contributed by atoms with Crippen molar-refractivity contribution in [1.29, 1.82) is 0 Å². The molecule has 0 aromatic heterocycles. The molecule has 2 heteroatoms. The average Bonchev–Trinajstić information content (AvgIpc) is 2.82. The van der Waals surface area contributed by atoms with E-state index in [2.05, 4.69) is 38.1 Å². The van der Waals surface area contributed by atoms with Crippen LogP contribution in [0.1, 0.15) is 112 Å². The largest absolute Gasteiger partial charge is 0.423 e. The van der Waals surface area contributed by atoms with Crippen LogP contribution in [0.3, 0.4) is 0 Å². The van der Waals surface area contributed by atoms with Gasteiger partial charge >= 0.3 is 5.97 Å². The number of carbonyl (C=O) groups is 1. The lowest BCUT2D eigenvalue weighted by molar-refractivity contribution is 0.0734. The summed E-state index contributed by atoms with van der Waals surface area (Å²) in [5.41, 5.74) is 3.30. The first-order chi connectivity index (χ1) is 15.2. The molecule has 168 valence electrons. The summed E-state index contributed by atoms with van der Waals surface area (Å²) < 4.78 is 5.61. The maximum Gasteiger partial charge on any atom is 0.343 e. The van der Waals surface area contributed by atoms with Crippen molar-refractivity contribution in [3.05, 3.63) is 65.2 Å². The Bertz CT molecular complexity index is 767. The van der Waals surface area contributed by atoms with Gasteiger partial charge in [-0.15, -0.1) is 0 Å². The van der Waals surface area contributed by atoms with Crippen molar-refractivity contribution in [3.8, 4) is 5.75 Å². The Morgan fingerprint density at radius 1 is 0.806 bits per heavy atom. The third-order valence-electron chi connectivity index (χ3n) is 6.99. The molecule has 0 atom stereocenters. The third-order valence-corrected chi connectivity index (χ3v) is 6.99. The molecule has 0 heterocycles. The molecule has 2 aromatic rings. The molecule has 0 saturated heterocycles. The first-order valence-electron chi connectivity index (χ1n) is 12.6. The van der Waals surface area contributed by atoms with E-state index in [-0.39, 0.29) is 5.97 Å². The van der Waals surface area contributed by atoms with Crippen molar-refractivity contribution < 1.29 is 9.53 Å². The highest BCUT2D eigenvalue weighted by atomic mass is 16.5. The Morgan fingerprint density at radius 3 is 2.10 bits per heavy atom. The third kappa shape index (κ3) is 7.52. The van der Waals surface area contributed by atoms with E-state index in [9.17, 15) is 4.79 Å². The molecule has 0 unspecified atom stereocenters. The Kier molecular flexibility index (Phi) is 9.65. The standard InChI is InChI=1S/C29H40O2/c1-3-5-6-7-8-9-10-24-13-17-27(18-14-24)29(30)31-28-21-19-26(20-22-28)25-15-11-23(4-2)12-16-25/h13-14,17-23,25H,3-12,15-16H2,1-2H3. The van der Waals surface area contributed by atoms with E-state index < -0.39 is 0 Å². The summed E-state index contributed by atoms with van der Waals surface area (Å²) in [4.78, 5) is 12.5. The lowest BCUT2D eigenvalue weighted by atomic mass is 9.78. The number of benzene rings is 2. The van der Waals surface area contributed by atoms with E-state index in [1.54, 1.807) is 0 Å². The number of ether oxygens (including phenoxy) is 1. The summed E-state index contributed by atoms with van der Waals surface area (Å²) in [5.74, 6) is 1.93. The van der Waals surface area contributed by atoms with Crippen molar-refractivity contribution in [1.82, 2.24) is 0 Å². The summed E-state index contributed by atoms with van der Waals surface area (Å²) in [5, 5.41) is 0.